The topological polar surface area (TPSA) is 29.5 Å². The second-order valence-electron chi connectivity index (χ2n) is 2.15. The van der Waals surface area contributed by atoms with Gasteiger partial charge < -0.3 is 9.68 Å². The predicted octanol–water partition coefficient (Wildman–Crippen LogP) is 1.07. The number of halogens is 1. The average molecular weight is 166 g/mol. The van der Waals surface area contributed by atoms with E-state index in [9.17, 15) is 4.39 Å². The minimum atomic E-state index is -0.350. The fourth-order valence-corrected chi connectivity index (χ4v) is 0.744. The molecule has 1 N–H and O–H groups in total. The first-order valence-electron chi connectivity index (χ1n) is 3.47. The Balaban J connectivity index is 2.58. The van der Waals surface area contributed by atoms with Crippen LogP contribution in [0.25, 0.3) is 6.08 Å². The van der Waals surface area contributed by atoms with Crippen molar-refractivity contribution in [2.75, 3.05) is 0 Å². The van der Waals surface area contributed by atoms with E-state index in [1.54, 1.807) is 18.2 Å². The molecule has 0 aromatic heterocycles. The Labute approximate surface area is 70.6 Å². The maximum absolute atomic E-state index is 12.4. The van der Waals surface area contributed by atoms with Crippen LogP contribution >= 0.6 is 0 Å². The summed E-state index contributed by atoms with van der Waals surface area (Å²) >= 11 is 0. The molecule has 1 aromatic carbocycles. The standard InChI is InChI=1S/C8H8BFO2/c10-8-3-1-7(2-4-8)5-6-12-9-11/h1-6,9,11H/b6-5+. The van der Waals surface area contributed by atoms with E-state index in [-0.39, 0.29) is 13.5 Å². The summed E-state index contributed by atoms with van der Waals surface area (Å²) < 4.78 is 16.9. The molecule has 0 aliphatic heterocycles. The van der Waals surface area contributed by atoms with Crippen molar-refractivity contribution in [3.63, 3.8) is 0 Å². The molecule has 0 saturated carbocycles. The molecule has 2 nitrogen and oxygen atoms in total. The lowest BCUT2D eigenvalue weighted by Gasteiger charge is -1.93. The number of hydrogen-bond acceptors (Lipinski definition) is 2. The van der Waals surface area contributed by atoms with Gasteiger partial charge in [-0.2, -0.15) is 0 Å². The molecule has 0 unspecified atom stereocenters. The third-order valence-electron chi connectivity index (χ3n) is 1.30. The van der Waals surface area contributed by atoms with E-state index in [1.807, 2.05) is 0 Å². The van der Waals surface area contributed by atoms with Gasteiger partial charge in [0.1, 0.15) is 5.82 Å². The molecule has 0 spiro atoms. The Morgan fingerprint density at radius 3 is 2.58 bits per heavy atom. The van der Waals surface area contributed by atoms with Crippen LogP contribution in [0, 0.1) is 5.82 Å². The van der Waals surface area contributed by atoms with Gasteiger partial charge in [-0.15, -0.1) is 0 Å². The van der Waals surface area contributed by atoms with Gasteiger partial charge in [0.15, 0.2) is 0 Å². The fraction of sp³-hybridized carbons (Fsp3) is 0. The Kier molecular flexibility index (Phi) is 3.35. The summed E-state index contributed by atoms with van der Waals surface area (Å²) in [5, 5.41) is 8.25. The van der Waals surface area contributed by atoms with Gasteiger partial charge in [-0.25, -0.2) is 4.39 Å². The second-order valence-corrected chi connectivity index (χ2v) is 2.15. The van der Waals surface area contributed by atoms with Crippen LogP contribution in [0.4, 0.5) is 4.39 Å². The first kappa shape index (κ1) is 8.81. The SMILES string of the molecule is OBO/C=C/c1ccc(F)cc1. The zero-order chi connectivity index (χ0) is 8.81. The lowest BCUT2D eigenvalue weighted by atomic mass is 10.2. The van der Waals surface area contributed by atoms with Crippen LogP contribution in [-0.2, 0) is 4.65 Å². The molecule has 0 aliphatic carbocycles. The summed E-state index contributed by atoms with van der Waals surface area (Å²) in [6.45, 7) is 0. The van der Waals surface area contributed by atoms with Crippen molar-refractivity contribution in [2.45, 2.75) is 0 Å². The van der Waals surface area contributed by atoms with Crippen LogP contribution in [0.2, 0.25) is 0 Å². The molecule has 0 fully saturated rings. The summed E-state index contributed by atoms with van der Waals surface area (Å²) in [4.78, 5) is 0. The van der Waals surface area contributed by atoms with Gasteiger partial charge >= 0.3 is 7.69 Å². The van der Waals surface area contributed by atoms with Crippen LogP contribution in [-0.4, -0.2) is 12.7 Å². The van der Waals surface area contributed by atoms with Crippen LogP contribution in [0.1, 0.15) is 5.56 Å². The normalized spacial score (nSPS) is 10.2. The van der Waals surface area contributed by atoms with Crippen molar-refractivity contribution in [2.24, 2.45) is 0 Å². The summed E-state index contributed by atoms with van der Waals surface area (Å²) in [5.74, 6) is -0.268. The van der Waals surface area contributed by atoms with Gasteiger partial charge in [-0.1, -0.05) is 12.1 Å². The van der Waals surface area contributed by atoms with Gasteiger partial charge in [-0.3, -0.25) is 0 Å². The van der Waals surface area contributed by atoms with Gasteiger partial charge in [0.05, 0.1) is 6.26 Å². The molecule has 4 heteroatoms. The molecule has 0 aliphatic rings. The van der Waals surface area contributed by atoms with Crippen LogP contribution < -0.4 is 0 Å². The van der Waals surface area contributed by atoms with E-state index >= 15 is 0 Å². The van der Waals surface area contributed by atoms with Gasteiger partial charge in [0.25, 0.3) is 0 Å². The van der Waals surface area contributed by atoms with Crippen molar-refractivity contribution >= 4 is 13.8 Å². The second kappa shape index (κ2) is 4.56. The Hall–Kier alpha value is -1.29. The predicted molar refractivity (Wildman–Crippen MR) is 45.9 cm³/mol. The zero-order valence-electron chi connectivity index (χ0n) is 6.40. The number of rotatable bonds is 3. The summed E-state index contributed by atoms with van der Waals surface area (Å²) in [5.41, 5.74) is 0.824. The highest BCUT2D eigenvalue weighted by atomic mass is 19.1. The zero-order valence-corrected chi connectivity index (χ0v) is 6.40. The molecule has 1 rings (SSSR count). The highest BCUT2D eigenvalue weighted by Gasteiger charge is 1.88. The fourth-order valence-electron chi connectivity index (χ4n) is 0.744. The van der Waals surface area contributed by atoms with Crippen molar-refractivity contribution < 1.29 is 14.1 Å². The van der Waals surface area contributed by atoms with Crippen molar-refractivity contribution in [3.8, 4) is 0 Å². The van der Waals surface area contributed by atoms with E-state index < -0.39 is 0 Å². The molecule has 0 radical (unpaired) electrons. The van der Waals surface area contributed by atoms with Crippen molar-refractivity contribution in [3.05, 3.63) is 41.9 Å². The Morgan fingerprint density at radius 2 is 2.00 bits per heavy atom. The molecular weight excluding hydrogens is 158 g/mol. The molecule has 62 valence electrons. The molecule has 0 atom stereocenters. The number of hydrogen-bond donors (Lipinski definition) is 1. The Morgan fingerprint density at radius 1 is 1.33 bits per heavy atom. The third kappa shape index (κ3) is 2.76. The smallest absolute Gasteiger partial charge is 0.503 e. The van der Waals surface area contributed by atoms with Crippen molar-refractivity contribution in [1.82, 2.24) is 0 Å². The Bertz CT molecular complexity index is 258. The van der Waals surface area contributed by atoms with Crippen LogP contribution in [0.15, 0.2) is 30.5 Å². The molecule has 1 aromatic rings. The van der Waals surface area contributed by atoms with Gasteiger partial charge in [-0.05, 0) is 23.8 Å². The van der Waals surface area contributed by atoms with E-state index in [1.165, 1.54) is 18.4 Å². The number of benzene rings is 1. The maximum Gasteiger partial charge on any atom is 0.503 e. The lowest BCUT2D eigenvalue weighted by Crippen LogP contribution is -1.87. The third-order valence-corrected chi connectivity index (χ3v) is 1.30. The van der Waals surface area contributed by atoms with Crippen LogP contribution in [0.3, 0.4) is 0 Å². The van der Waals surface area contributed by atoms with E-state index in [2.05, 4.69) is 4.65 Å². The monoisotopic (exact) mass is 166 g/mol. The molecule has 0 saturated heterocycles. The molecule has 0 amide bonds. The quantitative estimate of drug-likeness (QED) is 0.537. The average Bonchev–Trinajstić information content (AvgIpc) is 2.09. The van der Waals surface area contributed by atoms with Crippen LogP contribution in [0.5, 0.6) is 0 Å². The largest absolute Gasteiger partial charge is 0.545 e. The summed E-state index contributed by atoms with van der Waals surface area (Å²) in [6, 6.07) is 5.95. The first-order chi connectivity index (χ1) is 5.83. The van der Waals surface area contributed by atoms with E-state index in [4.69, 9.17) is 5.02 Å². The summed E-state index contributed by atoms with van der Waals surface area (Å²) in [7, 11) is -0.350. The van der Waals surface area contributed by atoms with E-state index in [0.29, 0.717) is 0 Å². The molecular formula is C8H8BFO2. The molecule has 12 heavy (non-hydrogen) atoms. The lowest BCUT2D eigenvalue weighted by molar-refractivity contribution is 0.408. The maximum atomic E-state index is 12.4. The minimum absolute atomic E-state index is 0.268. The highest BCUT2D eigenvalue weighted by molar-refractivity contribution is 6.16. The van der Waals surface area contributed by atoms with E-state index in [0.717, 1.165) is 5.56 Å². The summed E-state index contributed by atoms with van der Waals surface area (Å²) in [6.07, 6.45) is 2.99. The first-order valence-corrected chi connectivity index (χ1v) is 3.47. The molecule has 0 bridgehead atoms. The minimum Gasteiger partial charge on any atom is -0.545 e. The van der Waals surface area contributed by atoms with Crippen molar-refractivity contribution in [1.29, 1.82) is 0 Å². The van der Waals surface area contributed by atoms with Gasteiger partial charge in [0, 0.05) is 0 Å². The highest BCUT2D eigenvalue weighted by Crippen LogP contribution is 2.04. The molecule has 0 heterocycles. The van der Waals surface area contributed by atoms with Gasteiger partial charge in [0.2, 0.25) is 0 Å².